The Balaban J connectivity index is 1.89. The Hall–Kier alpha value is -2.07. The molecule has 0 saturated heterocycles. The van der Waals surface area contributed by atoms with Gasteiger partial charge in [0.2, 0.25) is 0 Å². The van der Waals surface area contributed by atoms with E-state index in [0.717, 1.165) is 19.3 Å². The van der Waals surface area contributed by atoms with Crippen molar-refractivity contribution < 1.29 is 13.9 Å². The Morgan fingerprint density at radius 1 is 1.26 bits per heavy atom. The molecule has 1 saturated carbocycles. The second kappa shape index (κ2) is 6.59. The number of carbonyl (C=O) groups excluding carboxylic acids is 1. The molecule has 0 aliphatic heterocycles. The first kappa shape index (κ1) is 15.8. The van der Waals surface area contributed by atoms with Crippen molar-refractivity contribution in [2.75, 3.05) is 7.11 Å². The van der Waals surface area contributed by atoms with Gasteiger partial charge in [-0.2, -0.15) is 0 Å². The van der Waals surface area contributed by atoms with E-state index in [-0.39, 0.29) is 17.5 Å². The van der Waals surface area contributed by atoms with Gasteiger partial charge in [-0.05, 0) is 55.2 Å². The molecule has 2 aromatic rings. The summed E-state index contributed by atoms with van der Waals surface area (Å²) in [7, 11) is 1.55. The highest BCUT2D eigenvalue weighted by Gasteiger charge is 2.22. The van der Waals surface area contributed by atoms with Gasteiger partial charge in [0.15, 0.2) is 0 Å². The highest BCUT2D eigenvalue weighted by molar-refractivity contribution is 6.31. The van der Waals surface area contributed by atoms with E-state index in [1.807, 2.05) is 0 Å². The molecule has 1 N–H and O–H groups in total. The zero-order valence-electron chi connectivity index (χ0n) is 12.7. The number of hydrogen-bond acceptors (Lipinski definition) is 2. The highest BCUT2D eigenvalue weighted by Crippen LogP contribution is 2.33. The van der Waals surface area contributed by atoms with E-state index in [2.05, 4.69) is 5.32 Å². The van der Waals surface area contributed by atoms with Gasteiger partial charge in [0, 0.05) is 16.6 Å². The van der Waals surface area contributed by atoms with Gasteiger partial charge >= 0.3 is 0 Å². The van der Waals surface area contributed by atoms with E-state index in [4.69, 9.17) is 16.3 Å². The SMILES string of the molecule is COc1ccc(Cl)cc1-c1ccc(C(=O)NC2CCC2)c(F)c1. The van der Waals surface area contributed by atoms with Gasteiger partial charge < -0.3 is 10.1 Å². The Kier molecular flexibility index (Phi) is 4.53. The Labute approximate surface area is 139 Å². The molecular formula is C18H17ClFNO2. The van der Waals surface area contributed by atoms with E-state index in [1.54, 1.807) is 31.4 Å². The molecule has 5 heteroatoms. The number of benzene rings is 2. The topological polar surface area (TPSA) is 38.3 Å². The zero-order valence-corrected chi connectivity index (χ0v) is 13.5. The fourth-order valence-electron chi connectivity index (χ4n) is 2.59. The molecule has 1 amide bonds. The maximum Gasteiger partial charge on any atom is 0.254 e. The van der Waals surface area contributed by atoms with E-state index in [0.29, 0.717) is 21.9 Å². The molecule has 3 rings (SSSR count). The summed E-state index contributed by atoms with van der Waals surface area (Å²) < 4.78 is 19.6. The molecule has 1 fully saturated rings. The predicted molar refractivity (Wildman–Crippen MR) is 88.5 cm³/mol. The number of carbonyl (C=O) groups is 1. The Bertz CT molecular complexity index is 744. The maximum atomic E-state index is 14.4. The van der Waals surface area contributed by atoms with Gasteiger partial charge in [0.25, 0.3) is 5.91 Å². The van der Waals surface area contributed by atoms with E-state index in [9.17, 15) is 9.18 Å². The third kappa shape index (κ3) is 3.32. The molecule has 1 aliphatic rings. The van der Waals surface area contributed by atoms with Crippen LogP contribution in [-0.4, -0.2) is 19.1 Å². The Morgan fingerprint density at radius 2 is 2.04 bits per heavy atom. The quantitative estimate of drug-likeness (QED) is 0.898. The molecule has 0 radical (unpaired) electrons. The van der Waals surface area contributed by atoms with Crippen LogP contribution in [0, 0.1) is 5.82 Å². The molecule has 0 aromatic heterocycles. The maximum absolute atomic E-state index is 14.4. The largest absolute Gasteiger partial charge is 0.496 e. The summed E-state index contributed by atoms with van der Waals surface area (Å²) in [5.41, 5.74) is 1.36. The molecule has 0 atom stereocenters. The van der Waals surface area contributed by atoms with Crippen molar-refractivity contribution in [1.82, 2.24) is 5.32 Å². The van der Waals surface area contributed by atoms with Crippen LogP contribution in [0.25, 0.3) is 11.1 Å². The van der Waals surface area contributed by atoms with Crippen molar-refractivity contribution in [2.24, 2.45) is 0 Å². The summed E-state index contributed by atoms with van der Waals surface area (Å²) in [4.78, 5) is 12.1. The van der Waals surface area contributed by atoms with Gasteiger partial charge in [-0.3, -0.25) is 4.79 Å². The molecule has 1 aliphatic carbocycles. The lowest BCUT2D eigenvalue weighted by atomic mass is 9.93. The average molecular weight is 334 g/mol. The van der Waals surface area contributed by atoms with Gasteiger partial charge in [0.05, 0.1) is 12.7 Å². The summed E-state index contributed by atoms with van der Waals surface area (Å²) >= 11 is 6.01. The fourth-order valence-corrected chi connectivity index (χ4v) is 2.76. The van der Waals surface area contributed by atoms with E-state index in [1.165, 1.54) is 12.1 Å². The number of nitrogens with one attached hydrogen (secondary N) is 1. The number of ether oxygens (including phenoxy) is 1. The third-order valence-electron chi connectivity index (χ3n) is 4.13. The normalized spacial score (nSPS) is 14.2. The van der Waals surface area contributed by atoms with Crippen LogP contribution in [-0.2, 0) is 0 Å². The van der Waals surface area contributed by atoms with Crippen molar-refractivity contribution in [3.05, 3.63) is 52.8 Å². The molecule has 0 unspecified atom stereocenters. The molecule has 0 heterocycles. The minimum atomic E-state index is -0.554. The van der Waals surface area contributed by atoms with Crippen LogP contribution in [0.5, 0.6) is 5.75 Å². The minimum absolute atomic E-state index is 0.0571. The summed E-state index contributed by atoms with van der Waals surface area (Å²) in [6.07, 6.45) is 3.04. The molecular weight excluding hydrogens is 317 g/mol. The molecule has 120 valence electrons. The molecule has 0 spiro atoms. The highest BCUT2D eigenvalue weighted by atomic mass is 35.5. The van der Waals surface area contributed by atoms with Gasteiger partial charge in [-0.15, -0.1) is 0 Å². The first-order chi connectivity index (χ1) is 11.1. The van der Waals surface area contributed by atoms with Crippen LogP contribution in [0.15, 0.2) is 36.4 Å². The van der Waals surface area contributed by atoms with Crippen molar-refractivity contribution in [3.63, 3.8) is 0 Å². The second-order valence-corrected chi connectivity index (χ2v) is 6.08. The number of halogens is 2. The first-order valence-corrected chi connectivity index (χ1v) is 7.90. The van der Waals surface area contributed by atoms with Crippen molar-refractivity contribution in [3.8, 4) is 16.9 Å². The van der Waals surface area contributed by atoms with Crippen LogP contribution in [0.4, 0.5) is 4.39 Å². The zero-order chi connectivity index (χ0) is 16.4. The first-order valence-electron chi connectivity index (χ1n) is 7.53. The van der Waals surface area contributed by atoms with E-state index >= 15 is 0 Å². The molecule has 0 bridgehead atoms. The van der Waals surface area contributed by atoms with Gasteiger partial charge in [-0.25, -0.2) is 4.39 Å². The number of hydrogen-bond donors (Lipinski definition) is 1. The van der Waals surface area contributed by atoms with E-state index < -0.39 is 5.82 Å². The monoisotopic (exact) mass is 333 g/mol. The fraction of sp³-hybridized carbons (Fsp3) is 0.278. The summed E-state index contributed by atoms with van der Waals surface area (Å²) in [6.45, 7) is 0. The third-order valence-corrected chi connectivity index (χ3v) is 4.36. The van der Waals surface area contributed by atoms with Gasteiger partial charge in [-0.1, -0.05) is 17.7 Å². The Morgan fingerprint density at radius 3 is 2.65 bits per heavy atom. The summed E-state index contributed by atoms with van der Waals surface area (Å²) in [5.74, 6) is -0.321. The van der Waals surface area contributed by atoms with Crippen LogP contribution < -0.4 is 10.1 Å². The number of amides is 1. The van der Waals surface area contributed by atoms with Crippen molar-refractivity contribution in [1.29, 1.82) is 0 Å². The minimum Gasteiger partial charge on any atom is -0.496 e. The predicted octanol–water partition coefficient (Wildman–Crippen LogP) is 4.44. The summed E-state index contributed by atoms with van der Waals surface area (Å²) in [6, 6.07) is 9.86. The molecule has 23 heavy (non-hydrogen) atoms. The second-order valence-electron chi connectivity index (χ2n) is 5.64. The van der Waals surface area contributed by atoms with Gasteiger partial charge in [0.1, 0.15) is 11.6 Å². The number of methoxy groups -OCH3 is 1. The lowest BCUT2D eigenvalue weighted by Gasteiger charge is -2.26. The molecule has 3 nitrogen and oxygen atoms in total. The summed E-state index contributed by atoms with van der Waals surface area (Å²) in [5, 5.41) is 3.37. The smallest absolute Gasteiger partial charge is 0.254 e. The lowest BCUT2D eigenvalue weighted by Crippen LogP contribution is -2.39. The van der Waals surface area contributed by atoms with Crippen molar-refractivity contribution >= 4 is 17.5 Å². The van der Waals surface area contributed by atoms with Crippen LogP contribution in [0.2, 0.25) is 5.02 Å². The van der Waals surface area contributed by atoms with Crippen LogP contribution >= 0.6 is 11.6 Å². The standard InChI is InChI=1S/C18H17ClFNO2/c1-23-17-8-6-12(19)10-15(17)11-5-7-14(16(20)9-11)18(22)21-13-3-2-4-13/h5-10,13H,2-4H2,1H3,(H,21,22). The number of rotatable bonds is 4. The average Bonchev–Trinajstić information content (AvgIpc) is 2.50. The lowest BCUT2D eigenvalue weighted by molar-refractivity contribution is 0.0913. The van der Waals surface area contributed by atoms with Crippen LogP contribution in [0.3, 0.4) is 0 Å². The van der Waals surface area contributed by atoms with Crippen LogP contribution in [0.1, 0.15) is 29.6 Å². The van der Waals surface area contributed by atoms with Crippen molar-refractivity contribution in [2.45, 2.75) is 25.3 Å². The molecule has 2 aromatic carbocycles.